The first-order chi connectivity index (χ1) is 8.45. The van der Waals surface area contributed by atoms with Crippen molar-refractivity contribution in [3.05, 3.63) is 29.3 Å². The monoisotopic (exact) mass is 248 g/mol. The van der Waals surface area contributed by atoms with Crippen LogP contribution < -0.4 is 4.74 Å². The van der Waals surface area contributed by atoms with Crippen LogP contribution in [0.5, 0.6) is 5.75 Å². The van der Waals surface area contributed by atoms with Crippen molar-refractivity contribution in [2.75, 3.05) is 6.61 Å². The van der Waals surface area contributed by atoms with Crippen LogP contribution in [-0.4, -0.2) is 17.7 Å². The second-order valence-corrected chi connectivity index (χ2v) is 5.52. The molecule has 1 unspecified atom stereocenters. The molecule has 18 heavy (non-hydrogen) atoms. The van der Waals surface area contributed by atoms with Gasteiger partial charge < -0.3 is 9.84 Å². The van der Waals surface area contributed by atoms with Crippen molar-refractivity contribution in [3.8, 4) is 5.75 Å². The predicted molar refractivity (Wildman–Crippen MR) is 70.2 cm³/mol. The summed E-state index contributed by atoms with van der Waals surface area (Å²) < 4.78 is 5.54. The summed E-state index contributed by atoms with van der Waals surface area (Å²) in [7, 11) is 0. The first-order valence-corrected chi connectivity index (χ1v) is 6.45. The molecule has 3 heteroatoms. The lowest BCUT2D eigenvalue weighted by atomic mass is 9.80. The molecule has 0 saturated heterocycles. The lowest BCUT2D eigenvalue weighted by molar-refractivity contribution is -0.139. The van der Waals surface area contributed by atoms with E-state index in [4.69, 9.17) is 4.74 Å². The molecule has 0 saturated carbocycles. The van der Waals surface area contributed by atoms with E-state index in [0.717, 1.165) is 17.7 Å². The Labute approximate surface area is 108 Å². The first kappa shape index (κ1) is 12.9. The fourth-order valence-corrected chi connectivity index (χ4v) is 2.28. The van der Waals surface area contributed by atoms with Gasteiger partial charge in [0.25, 0.3) is 0 Å². The van der Waals surface area contributed by atoms with E-state index in [9.17, 15) is 9.90 Å². The molecular formula is C15H20O3. The molecule has 0 aliphatic carbocycles. The Morgan fingerprint density at radius 3 is 2.83 bits per heavy atom. The van der Waals surface area contributed by atoms with Gasteiger partial charge in [-0.3, -0.25) is 4.79 Å². The third-order valence-corrected chi connectivity index (χ3v) is 4.01. The van der Waals surface area contributed by atoms with E-state index in [1.807, 2.05) is 18.2 Å². The zero-order valence-corrected chi connectivity index (χ0v) is 11.2. The number of fused-ring (bicyclic) bond motifs is 1. The maximum atomic E-state index is 11.3. The van der Waals surface area contributed by atoms with Crippen LogP contribution in [0.25, 0.3) is 0 Å². The van der Waals surface area contributed by atoms with Gasteiger partial charge in [-0.1, -0.05) is 32.9 Å². The normalized spacial score (nSPS) is 18.9. The molecule has 1 aliphatic rings. The van der Waals surface area contributed by atoms with Gasteiger partial charge in [-0.05, 0) is 29.9 Å². The van der Waals surface area contributed by atoms with Crippen LogP contribution in [0.1, 0.15) is 50.7 Å². The van der Waals surface area contributed by atoms with Crippen molar-refractivity contribution in [1.29, 1.82) is 0 Å². The number of ether oxygens (including phenoxy) is 1. The summed E-state index contributed by atoms with van der Waals surface area (Å²) in [6, 6.07) is 5.97. The summed E-state index contributed by atoms with van der Waals surface area (Å²) >= 11 is 0. The van der Waals surface area contributed by atoms with E-state index in [1.54, 1.807) is 0 Å². The molecule has 1 aromatic rings. The highest BCUT2D eigenvalue weighted by Crippen LogP contribution is 2.37. The van der Waals surface area contributed by atoms with Crippen LogP contribution in [0.4, 0.5) is 0 Å². The Hall–Kier alpha value is -1.51. The minimum atomic E-state index is -0.758. The Kier molecular flexibility index (Phi) is 3.33. The van der Waals surface area contributed by atoms with Crippen molar-refractivity contribution in [3.63, 3.8) is 0 Å². The molecular weight excluding hydrogens is 228 g/mol. The van der Waals surface area contributed by atoms with Crippen molar-refractivity contribution < 1.29 is 14.6 Å². The number of hydrogen-bond acceptors (Lipinski definition) is 2. The van der Waals surface area contributed by atoms with Crippen molar-refractivity contribution in [2.24, 2.45) is 0 Å². The predicted octanol–water partition coefficient (Wildman–Crippen LogP) is 3.32. The molecule has 0 amide bonds. The highest BCUT2D eigenvalue weighted by atomic mass is 16.5. The minimum absolute atomic E-state index is 0.0650. The summed E-state index contributed by atoms with van der Waals surface area (Å²) in [6.45, 7) is 6.98. The number of carboxylic acids is 1. The lowest BCUT2D eigenvalue weighted by Gasteiger charge is -2.28. The summed E-state index contributed by atoms with van der Waals surface area (Å²) in [5, 5.41) is 9.28. The molecule has 3 nitrogen and oxygen atoms in total. The largest absolute Gasteiger partial charge is 0.493 e. The summed E-state index contributed by atoms with van der Waals surface area (Å²) in [6.07, 6.45) is 1.57. The van der Waals surface area contributed by atoms with Crippen LogP contribution in [0, 0.1) is 0 Å². The van der Waals surface area contributed by atoms with Crippen LogP contribution in [0.2, 0.25) is 0 Å². The Morgan fingerprint density at radius 1 is 1.50 bits per heavy atom. The SMILES string of the molecule is CCC(C)(C)c1ccc2c(c1)C(C(=O)O)CCO2. The molecule has 1 N–H and O–H groups in total. The fraction of sp³-hybridized carbons (Fsp3) is 0.533. The number of rotatable bonds is 3. The number of hydrogen-bond donors (Lipinski definition) is 1. The highest BCUT2D eigenvalue weighted by Gasteiger charge is 2.29. The summed E-state index contributed by atoms with van der Waals surface area (Å²) in [5.41, 5.74) is 2.07. The maximum absolute atomic E-state index is 11.3. The number of carbonyl (C=O) groups is 1. The van der Waals surface area contributed by atoms with Crippen LogP contribution in [0.15, 0.2) is 18.2 Å². The molecule has 0 aromatic heterocycles. The summed E-state index contributed by atoms with van der Waals surface area (Å²) in [4.78, 5) is 11.3. The Bertz CT molecular complexity index is 463. The van der Waals surface area contributed by atoms with E-state index in [1.165, 1.54) is 5.56 Å². The van der Waals surface area contributed by atoms with Gasteiger partial charge in [0.1, 0.15) is 5.75 Å². The smallest absolute Gasteiger partial charge is 0.311 e. The van der Waals surface area contributed by atoms with Gasteiger partial charge in [-0.25, -0.2) is 0 Å². The number of carboxylic acid groups (broad SMARTS) is 1. The molecule has 0 fully saturated rings. The molecule has 98 valence electrons. The van der Waals surface area contributed by atoms with Crippen molar-refractivity contribution in [1.82, 2.24) is 0 Å². The third kappa shape index (κ3) is 2.22. The van der Waals surface area contributed by atoms with E-state index < -0.39 is 11.9 Å². The molecule has 0 radical (unpaired) electrons. The molecule has 0 bridgehead atoms. The fourth-order valence-electron chi connectivity index (χ4n) is 2.28. The Morgan fingerprint density at radius 2 is 2.22 bits per heavy atom. The van der Waals surface area contributed by atoms with E-state index in [0.29, 0.717) is 13.0 Å². The maximum Gasteiger partial charge on any atom is 0.311 e. The lowest BCUT2D eigenvalue weighted by Crippen LogP contribution is -2.23. The molecule has 0 spiro atoms. The quantitative estimate of drug-likeness (QED) is 0.892. The molecule has 1 aliphatic heterocycles. The number of aliphatic carboxylic acids is 1. The second-order valence-electron chi connectivity index (χ2n) is 5.52. The highest BCUT2D eigenvalue weighted by molar-refractivity contribution is 5.77. The average Bonchev–Trinajstić information content (AvgIpc) is 2.37. The zero-order valence-electron chi connectivity index (χ0n) is 11.2. The van der Waals surface area contributed by atoms with Gasteiger partial charge in [0, 0.05) is 5.56 Å². The topological polar surface area (TPSA) is 46.5 Å². The van der Waals surface area contributed by atoms with E-state index >= 15 is 0 Å². The van der Waals surface area contributed by atoms with Crippen LogP contribution >= 0.6 is 0 Å². The molecule has 1 heterocycles. The average molecular weight is 248 g/mol. The van der Waals surface area contributed by atoms with Gasteiger partial charge in [-0.2, -0.15) is 0 Å². The van der Waals surface area contributed by atoms with E-state index in [2.05, 4.69) is 20.8 Å². The third-order valence-electron chi connectivity index (χ3n) is 4.01. The minimum Gasteiger partial charge on any atom is -0.493 e. The standard InChI is InChI=1S/C15H20O3/c1-4-15(2,3)10-5-6-13-12(9-10)11(14(16)17)7-8-18-13/h5-6,9,11H,4,7-8H2,1-3H3,(H,16,17). The molecule has 1 aromatic carbocycles. The van der Waals surface area contributed by atoms with Crippen LogP contribution in [-0.2, 0) is 10.2 Å². The number of benzene rings is 1. The van der Waals surface area contributed by atoms with E-state index in [-0.39, 0.29) is 5.41 Å². The van der Waals surface area contributed by atoms with Gasteiger partial charge in [-0.15, -0.1) is 0 Å². The zero-order chi connectivity index (χ0) is 13.3. The molecule has 2 rings (SSSR count). The molecule has 1 atom stereocenters. The summed E-state index contributed by atoms with van der Waals surface area (Å²) in [5.74, 6) is -0.461. The van der Waals surface area contributed by atoms with Crippen molar-refractivity contribution in [2.45, 2.75) is 44.9 Å². The van der Waals surface area contributed by atoms with Crippen molar-refractivity contribution >= 4 is 5.97 Å². The van der Waals surface area contributed by atoms with Gasteiger partial charge in [0.15, 0.2) is 0 Å². The van der Waals surface area contributed by atoms with Crippen LogP contribution in [0.3, 0.4) is 0 Å². The van der Waals surface area contributed by atoms with Gasteiger partial charge >= 0.3 is 5.97 Å². The van der Waals surface area contributed by atoms with Gasteiger partial charge in [0.2, 0.25) is 0 Å². The second kappa shape index (κ2) is 4.63. The Balaban J connectivity index is 2.46. The first-order valence-electron chi connectivity index (χ1n) is 6.45. The van der Waals surface area contributed by atoms with Gasteiger partial charge in [0.05, 0.1) is 12.5 Å².